The minimum Gasteiger partial charge on any atom is -0.479 e. The monoisotopic (exact) mass is 432 g/mol. The van der Waals surface area contributed by atoms with Crippen molar-refractivity contribution in [2.75, 3.05) is 7.05 Å². The van der Waals surface area contributed by atoms with Gasteiger partial charge in [0.1, 0.15) is 16.5 Å². The van der Waals surface area contributed by atoms with Crippen LogP contribution in [0.5, 0.6) is 17.4 Å². The van der Waals surface area contributed by atoms with Crippen molar-refractivity contribution in [2.24, 2.45) is 0 Å². The van der Waals surface area contributed by atoms with E-state index in [0.29, 0.717) is 18.0 Å². The minimum atomic E-state index is -4.56. The fraction of sp³-hybridized carbons (Fsp3) is 0.278. The molecule has 1 heterocycles. The lowest BCUT2D eigenvalue weighted by molar-refractivity contribution is -0.196. The van der Waals surface area contributed by atoms with Gasteiger partial charge in [-0.3, -0.25) is 4.79 Å². The summed E-state index contributed by atoms with van der Waals surface area (Å²) < 4.78 is 48.7. The highest BCUT2D eigenvalue weighted by atomic mass is 35.5. The summed E-state index contributed by atoms with van der Waals surface area (Å²) >= 11 is 5.79. The highest BCUT2D eigenvalue weighted by Crippen LogP contribution is 2.34. The minimum absolute atomic E-state index is 0.197. The van der Waals surface area contributed by atoms with E-state index >= 15 is 0 Å². The summed E-state index contributed by atoms with van der Waals surface area (Å²) in [7, 11) is 1.29. The first kappa shape index (κ1) is 22.3. The Bertz CT molecular complexity index is 890. The first-order valence-electron chi connectivity index (χ1n) is 8.10. The molecule has 0 aliphatic heterocycles. The number of carbonyl (C=O) groups excluding carboxylic acids is 2. The smallest absolute Gasteiger partial charge is 0.417 e. The Hall–Kier alpha value is -3.01. The van der Waals surface area contributed by atoms with Gasteiger partial charge in [-0.2, -0.15) is 18.2 Å². The number of rotatable bonds is 5. The summed E-state index contributed by atoms with van der Waals surface area (Å²) in [6, 6.07) is 6.54. The maximum Gasteiger partial charge on any atom is 0.417 e. The second kappa shape index (κ2) is 8.99. The van der Waals surface area contributed by atoms with Crippen LogP contribution in [0.4, 0.5) is 13.2 Å². The predicted octanol–water partition coefficient (Wildman–Crippen LogP) is 4.25. The van der Waals surface area contributed by atoms with Gasteiger partial charge in [-0.15, -0.1) is 0 Å². The number of ether oxygens (including phenoxy) is 2. The third-order valence-electron chi connectivity index (χ3n) is 3.49. The standard InChI is InChI=1S/C18H16ClF3N2O5/c1-10(17(26)29-24(3)11(2)25)27-13-4-6-14(7-5-13)28-16-15(19)8-12(9-23-16)18(20,21)22/h4-10H,1-3H3. The molecule has 1 aromatic heterocycles. The van der Waals surface area contributed by atoms with Crippen LogP contribution in [-0.4, -0.2) is 35.1 Å². The molecule has 7 nitrogen and oxygen atoms in total. The number of hydrogen-bond acceptors (Lipinski definition) is 6. The molecule has 0 N–H and O–H groups in total. The first-order chi connectivity index (χ1) is 13.5. The first-order valence-corrected chi connectivity index (χ1v) is 8.48. The lowest BCUT2D eigenvalue weighted by Gasteiger charge is -2.18. The van der Waals surface area contributed by atoms with E-state index in [2.05, 4.69) is 4.98 Å². The summed E-state index contributed by atoms with van der Waals surface area (Å²) in [6.07, 6.45) is -4.95. The predicted molar refractivity (Wildman–Crippen MR) is 95.4 cm³/mol. The number of aromatic nitrogens is 1. The number of pyridine rings is 1. The second-order valence-corrected chi connectivity index (χ2v) is 6.18. The molecule has 156 valence electrons. The van der Waals surface area contributed by atoms with Crippen LogP contribution < -0.4 is 9.47 Å². The summed E-state index contributed by atoms with van der Waals surface area (Å²) in [5.74, 6) is -0.902. The number of hydrogen-bond donors (Lipinski definition) is 0. The third-order valence-corrected chi connectivity index (χ3v) is 3.76. The van der Waals surface area contributed by atoms with Crippen LogP contribution in [0.25, 0.3) is 0 Å². The third kappa shape index (κ3) is 6.24. The van der Waals surface area contributed by atoms with Crippen molar-refractivity contribution < 1.29 is 37.1 Å². The van der Waals surface area contributed by atoms with E-state index in [4.69, 9.17) is 25.9 Å². The van der Waals surface area contributed by atoms with Gasteiger partial charge < -0.3 is 14.3 Å². The number of alkyl halides is 3. The summed E-state index contributed by atoms with van der Waals surface area (Å²) in [6.45, 7) is 2.67. The second-order valence-electron chi connectivity index (χ2n) is 5.77. The highest BCUT2D eigenvalue weighted by molar-refractivity contribution is 6.31. The Morgan fingerprint density at radius 1 is 1.17 bits per heavy atom. The topological polar surface area (TPSA) is 78.0 Å². The van der Waals surface area contributed by atoms with E-state index in [9.17, 15) is 22.8 Å². The molecule has 0 radical (unpaired) electrons. The molecule has 0 aliphatic rings. The summed E-state index contributed by atoms with van der Waals surface area (Å²) in [5.41, 5.74) is -0.991. The van der Waals surface area contributed by atoms with Crippen LogP contribution in [0, 0.1) is 0 Å². The van der Waals surface area contributed by atoms with Crippen molar-refractivity contribution in [3.8, 4) is 17.4 Å². The van der Waals surface area contributed by atoms with Crippen LogP contribution in [0.15, 0.2) is 36.5 Å². The van der Waals surface area contributed by atoms with E-state index in [1.807, 2.05) is 0 Å². The average Bonchev–Trinajstić information content (AvgIpc) is 2.63. The Labute approximate surface area is 168 Å². The molecule has 11 heteroatoms. The largest absolute Gasteiger partial charge is 0.479 e. The van der Waals surface area contributed by atoms with E-state index in [1.165, 1.54) is 45.2 Å². The van der Waals surface area contributed by atoms with Crippen molar-refractivity contribution in [3.63, 3.8) is 0 Å². The van der Waals surface area contributed by atoms with E-state index in [-0.39, 0.29) is 16.7 Å². The van der Waals surface area contributed by atoms with Crippen LogP contribution in [0.1, 0.15) is 19.4 Å². The zero-order valence-electron chi connectivity index (χ0n) is 15.5. The number of carbonyl (C=O) groups is 2. The van der Waals surface area contributed by atoms with Crippen molar-refractivity contribution >= 4 is 23.5 Å². The number of halogens is 4. The molecule has 2 rings (SSSR count). The molecule has 0 saturated carbocycles. The summed E-state index contributed by atoms with van der Waals surface area (Å²) in [4.78, 5) is 31.3. The molecule has 1 aromatic carbocycles. The fourth-order valence-corrected chi connectivity index (χ4v) is 2.08. The van der Waals surface area contributed by atoms with Crippen LogP contribution in [-0.2, 0) is 20.6 Å². The Morgan fingerprint density at radius 3 is 2.28 bits per heavy atom. The molecule has 0 saturated heterocycles. The molecule has 2 aromatic rings. The van der Waals surface area contributed by atoms with Gasteiger partial charge in [0.15, 0.2) is 6.10 Å². The normalized spacial score (nSPS) is 12.1. The molecule has 0 fully saturated rings. The number of hydroxylamine groups is 2. The average molecular weight is 433 g/mol. The highest BCUT2D eigenvalue weighted by Gasteiger charge is 2.31. The van der Waals surface area contributed by atoms with Gasteiger partial charge in [0.2, 0.25) is 5.88 Å². The van der Waals surface area contributed by atoms with Gasteiger partial charge in [0.25, 0.3) is 5.91 Å². The van der Waals surface area contributed by atoms with Gasteiger partial charge in [0.05, 0.1) is 5.56 Å². The molecule has 1 amide bonds. The molecular formula is C18H16ClF3N2O5. The number of benzene rings is 1. The zero-order chi connectivity index (χ0) is 21.8. The Balaban J connectivity index is 2.00. The SMILES string of the molecule is CC(=O)N(C)OC(=O)C(C)Oc1ccc(Oc2ncc(C(F)(F)F)cc2Cl)cc1. The lowest BCUT2D eigenvalue weighted by Crippen LogP contribution is -2.34. The van der Waals surface area contributed by atoms with Crippen LogP contribution >= 0.6 is 11.6 Å². The fourth-order valence-electron chi connectivity index (χ4n) is 1.88. The van der Waals surface area contributed by atoms with E-state index in [1.54, 1.807) is 0 Å². The van der Waals surface area contributed by atoms with E-state index in [0.717, 1.165) is 5.06 Å². The van der Waals surface area contributed by atoms with E-state index < -0.39 is 29.7 Å². The Morgan fingerprint density at radius 2 is 1.76 bits per heavy atom. The van der Waals surface area contributed by atoms with Gasteiger partial charge in [-0.25, -0.2) is 9.78 Å². The number of amides is 1. The Kier molecular flexibility index (Phi) is 6.91. The van der Waals surface area contributed by atoms with Crippen molar-refractivity contribution in [2.45, 2.75) is 26.1 Å². The van der Waals surface area contributed by atoms with Crippen molar-refractivity contribution in [1.82, 2.24) is 10.0 Å². The molecule has 1 atom stereocenters. The number of nitrogens with zero attached hydrogens (tertiary/aromatic N) is 2. The van der Waals surface area contributed by atoms with Crippen molar-refractivity contribution in [1.29, 1.82) is 0 Å². The lowest BCUT2D eigenvalue weighted by atomic mass is 10.3. The molecule has 0 bridgehead atoms. The maximum atomic E-state index is 12.6. The molecule has 0 spiro atoms. The van der Waals surface area contributed by atoms with Gasteiger partial charge >= 0.3 is 12.1 Å². The molecule has 29 heavy (non-hydrogen) atoms. The quantitative estimate of drug-likeness (QED) is 0.657. The van der Waals surface area contributed by atoms with Gasteiger partial charge in [-0.1, -0.05) is 11.6 Å². The zero-order valence-corrected chi connectivity index (χ0v) is 16.2. The molecular weight excluding hydrogens is 417 g/mol. The molecule has 0 aliphatic carbocycles. The maximum absolute atomic E-state index is 12.6. The van der Waals surface area contributed by atoms with Gasteiger partial charge in [0, 0.05) is 20.2 Å². The van der Waals surface area contributed by atoms with Crippen molar-refractivity contribution in [3.05, 3.63) is 47.1 Å². The van der Waals surface area contributed by atoms with Crippen LogP contribution in [0.2, 0.25) is 5.02 Å². The van der Waals surface area contributed by atoms with Gasteiger partial charge in [-0.05, 0) is 37.3 Å². The van der Waals surface area contributed by atoms with Crippen LogP contribution in [0.3, 0.4) is 0 Å². The summed E-state index contributed by atoms with van der Waals surface area (Å²) in [5, 5.41) is 0.478. The molecule has 1 unspecified atom stereocenters.